The monoisotopic (exact) mass is 269 g/mol. The second-order valence-electron chi connectivity index (χ2n) is 5.91. The van der Waals surface area contributed by atoms with Gasteiger partial charge in [-0.15, -0.1) is 0 Å². The molecule has 0 fully saturated rings. The first kappa shape index (κ1) is 14.4. The average Bonchev–Trinajstić information content (AvgIpc) is 2.39. The number of aromatic nitrogens is 1. The van der Waals surface area contributed by atoms with Crippen molar-refractivity contribution in [3.8, 4) is 0 Å². The molecule has 1 aromatic carbocycles. The van der Waals surface area contributed by atoms with E-state index in [0.717, 1.165) is 23.6 Å². The fourth-order valence-corrected chi connectivity index (χ4v) is 2.21. The van der Waals surface area contributed by atoms with Crippen LogP contribution in [0.4, 0.5) is 17.1 Å². The van der Waals surface area contributed by atoms with Gasteiger partial charge in [0.15, 0.2) is 0 Å². The number of hydrogen-bond donors (Lipinski definition) is 2. The van der Waals surface area contributed by atoms with Crippen LogP contribution in [-0.2, 0) is 5.41 Å². The van der Waals surface area contributed by atoms with Crippen LogP contribution in [0.2, 0.25) is 0 Å². The third-order valence-electron chi connectivity index (χ3n) is 3.13. The van der Waals surface area contributed by atoms with Gasteiger partial charge < -0.3 is 10.6 Å². The van der Waals surface area contributed by atoms with Crippen LogP contribution in [0.25, 0.3) is 0 Å². The second-order valence-corrected chi connectivity index (χ2v) is 5.91. The van der Waals surface area contributed by atoms with E-state index in [-0.39, 0.29) is 5.41 Å². The van der Waals surface area contributed by atoms with Gasteiger partial charge in [0.05, 0.1) is 23.8 Å². The molecule has 2 rings (SSSR count). The van der Waals surface area contributed by atoms with Crippen molar-refractivity contribution in [2.24, 2.45) is 0 Å². The minimum Gasteiger partial charge on any atom is -0.384 e. The standard InChI is InChI=1S/C17H23N3/c1-5-19-13-10-14(12-18-11-13)20-16-9-7-6-8-15(16)17(2,3)4/h6-12,19-20H,5H2,1-4H3. The van der Waals surface area contributed by atoms with Crippen LogP contribution in [-0.4, -0.2) is 11.5 Å². The Bertz CT molecular complexity index is 570. The summed E-state index contributed by atoms with van der Waals surface area (Å²) < 4.78 is 0. The van der Waals surface area contributed by atoms with E-state index >= 15 is 0 Å². The first-order chi connectivity index (χ1) is 9.50. The molecule has 20 heavy (non-hydrogen) atoms. The summed E-state index contributed by atoms with van der Waals surface area (Å²) in [4.78, 5) is 4.27. The van der Waals surface area contributed by atoms with Crippen LogP contribution >= 0.6 is 0 Å². The fourth-order valence-electron chi connectivity index (χ4n) is 2.21. The van der Waals surface area contributed by atoms with E-state index in [0.29, 0.717) is 0 Å². The van der Waals surface area contributed by atoms with E-state index in [4.69, 9.17) is 0 Å². The van der Waals surface area contributed by atoms with Crippen molar-refractivity contribution in [3.63, 3.8) is 0 Å². The quantitative estimate of drug-likeness (QED) is 0.854. The highest BCUT2D eigenvalue weighted by atomic mass is 14.9. The molecule has 106 valence electrons. The first-order valence-corrected chi connectivity index (χ1v) is 7.06. The maximum Gasteiger partial charge on any atom is 0.0591 e. The third-order valence-corrected chi connectivity index (χ3v) is 3.13. The molecule has 0 amide bonds. The van der Waals surface area contributed by atoms with Gasteiger partial charge >= 0.3 is 0 Å². The topological polar surface area (TPSA) is 37.0 Å². The van der Waals surface area contributed by atoms with Crippen LogP contribution < -0.4 is 10.6 Å². The lowest BCUT2D eigenvalue weighted by Crippen LogP contribution is -2.13. The van der Waals surface area contributed by atoms with Gasteiger partial charge in [-0.1, -0.05) is 39.0 Å². The van der Waals surface area contributed by atoms with Gasteiger partial charge in [-0.2, -0.15) is 0 Å². The normalized spacial score (nSPS) is 11.2. The molecule has 1 aromatic heterocycles. The minimum absolute atomic E-state index is 0.107. The first-order valence-electron chi connectivity index (χ1n) is 7.06. The highest BCUT2D eigenvalue weighted by Gasteiger charge is 2.17. The number of anilines is 3. The number of para-hydroxylation sites is 1. The Hall–Kier alpha value is -2.03. The molecule has 0 saturated heterocycles. The number of rotatable bonds is 4. The molecule has 1 heterocycles. The van der Waals surface area contributed by atoms with Gasteiger partial charge in [0.1, 0.15) is 0 Å². The van der Waals surface area contributed by atoms with Gasteiger partial charge in [0, 0.05) is 12.2 Å². The molecular weight excluding hydrogens is 246 g/mol. The second kappa shape index (κ2) is 5.95. The summed E-state index contributed by atoms with van der Waals surface area (Å²) in [5, 5.41) is 6.75. The molecule has 3 heteroatoms. The van der Waals surface area contributed by atoms with Gasteiger partial charge in [0.25, 0.3) is 0 Å². The van der Waals surface area contributed by atoms with Gasteiger partial charge in [-0.05, 0) is 30.0 Å². The Morgan fingerprint density at radius 3 is 2.45 bits per heavy atom. The lowest BCUT2D eigenvalue weighted by atomic mass is 9.86. The van der Waals surface area contributed by atoms with Crippen LogP contribution in [0, 0.1) is 0 Å². The molecule has 0 bridgehead atoms. The molecule has 0 spiro atoms. The number of hydrogen-bond acceptors (Lipinski definition) is 3. The van der Waals surface area contributed by atoms with E-state index in [2.05, 4.69) is 73.6 Å². The smallest absolute Gasteiger partial charge is 0.0591 e. The Morgan fingerprint density at radius 1 is 1.05 bits per heavy atom. The number of nitrogens with one attached hydrogen (secondary N) is 2. The number of nitrogens with zero attached hydrogens (tertiary/aromatic N) is 1. The van der Waals surface area contributed by atoms with Crippen LogP contribution in [0.15, 0.2) is 42.7 Å². The van der Waals surface area contributed by atoms with Crippen molar-refractivity contribution in [1.29, 1.82) is 0 Å². The predicted molar refractivity (Wildman–Crippen MR) is 86.8 cm³/mol. The maximum atomic E-state index is 4.27. The molecule has 3 nitrogen and oxygen atoms in total. The van der Waals surface area contributed by atoms with Gasteiger partial charge in [-0.25, -0.2) is 0 Å². The zero-order chi connectivity index (χ0) is 14.6. The van der Waals surface area contributed by atoms with Gasteiger partial charge in [0.2, 0.25) is 0 Å². The summed E-state index contributed by atoms with van der Waals surface area (Å²) in [6.45, 7) is 9.64. The lowest BCUT2D eigenvalue weighted by molar-refractivity contribution is 0.592. The summed E-state index contributed by atoms with van der Waals surface area (Å²) in [5.41, 5.74) is 4.58. The molecule has 0 aliphatic rings. The van der Waals surface area contributed by atoms with Crippen LogP contribution in [0.5, 0.6) is 0 Å². The third kappa shape index (κ3) is 3.50. The molecule has 2 aromatic rings. The Labute approximate surface area is 121 Å². The molecule has 0 saturated carbocycles. The summed E-state index contributed by atoms with van der Waals surface area (Å²) in [6, 6.07) is 10.5. The van der Waals surface area contributed by atoms with E-state index in [9.17, 15) is 0 Å². The lowest BCUT2D eigenvalue weighted by Gasteiger charge is -2.23. The highest BCUT2D eigenvalue weighted by molar-refractivity contribution is 5.66. The van der Waals surface area contributed by atoms with Crippen molar-refractivity contribution >= 4 is 17.1 Å². The summed E-state index contributed by atoms with van der Waals surface area (Å²) >= 11 is 0. The Kier molecular flexibility index (Phi) is 4.28. The van der Waals surface area contributed by atoms with Gasteiger partial charge in [-0.3, -0.25) is 4.98 Å². The SMILES string of the molecule is CCNc1cncc(Nc2ccccc2C(C)(C)C)c1. The molecule has 0 aliphatic carbocycles. The van der Waals surface area contributed by atoms with E-state index < -0.39 is 0 Å². The zero-order valence-electron chi connectivity index (χ0n) is 12.7. The maximum absolute atomic E-state index is 4.27. The van der Waals surface area contributed by atoms with Crippen molar-refractivity contribution < 1.29 is 0 Å². The van der Waals surface area contributed by atoms with Crippen LogP contribution in [0.1, 0.15) is 33.3 Å². The predicted octanol–water partition coefficient (Wildman–Crippen LogP) is 4.55. The Balaban J connectivity index is 2.28. The minimum atomic E-state index is 0.107. The van der Waals surface area contributed by atoms with E-state index in [1.165, 1.54) is 5.56 Å². The number of pyridine rings is 1. The molecule has 0 unspecified atom stereocenters. The summed E-state index contributed by atoms with van der Waals surface area (Å²) in [5.74, 6) is 0. The fraction of sp³-hybridized carbons (Fsp3) is 0.353. The number of benzene rings is 1. The van der Waals surface area contributed by atoms with Crippen molar-refractivity contribution in [2.45, 2.75) is 33.1 Å². The molecular formula is C17H23N3. The zero-order valence-corrected chi connectivity index (χ0v) is 12.7. The van der Waals surface area contributed by atoms with E-state index in [1.807, 2.05) is 12.4 Å². The molecule has 0 atom stereocenters. The largest absolute Gasteiger partial charge is 0.384 e. The van der Waals surface area contributed by atoms with Crippen LogP contribution in [0.3, 0.4) is 0 Å². The summed E-state index contributed by atoms with van der Waals surface area (Å²) in [6.07, 6.45) is 3.69. The molecule has 0 aliphatic heterocycles. The molecule has 0 radical (unpaired) electrons. The highest BCUT2D eigenvalue weighted by Crippen LogP contribution is 2.31. The van der Waals surface area contributed by atoms with Crippen molar-refractivity contribution in [3.05, 3.63) is 48.3 Å². The average molecular weight is 269 g/mol. The summed E-state index contributed by atoms with van der Waals surface area (Å²) in [7, 11) is 0. The Morgan fingerprint density at radius 2 is 1.75 bits per heavy atom. The van der Waals surface area contributed by atoms with E-state index in [1.54, 1.807) is 0 Å². The van der Waals surface area contributed by atoms with Crippen molar-refractivity contribution in [1.82, 2.24) is 4.98 Å². The van der Waals surface area contributed by atoms with Crippen molar-refractivity contribution in [2.75, 3.05) is 17.2 Å². The molecule has 2 N–H and O–H groups in total.